The largest absolute Gasteiger partial charge is 0.315 e. The van der Waals surface area contributed by atoms with Crippen LogP contribution in [0.1, 0.15) is 0 Å². The minimum Gasteiger partial charge on any atom is -0.315 e. The number of hydrogen-bond donors (Lipinski definition) is 1. The van der Waals surface area contributed by atoms with Crippen molar-refractivity contribution in [1.82, 2.24) is 0 Å². The van der Waals surface area contributed by atoms with E-state index in [0.29, 0.717) is 11.4 Å². The van der Waals surface area contributed by atoms with Crippen molar-refractivity contribution in [2.45, 2.75) is 4.90 Å². The van der Waals surface area contributed by atoms with Crippen molar-refractivity contribution < 1.29 is 13.2 Å². The maximum absolute atomic E-state index is 11.6. The molecular formula is C10H14N2O3S2. The predicted octanol–water partition coefficient (Wildman–Crippen LogP) is 0.660. The number of carbonyl (C=O) groups is 1. The summed E-state index contributed by atoms with van der Waals surface area (Å²) < 4.78 is 22.1. The first-order valence-electron chi connectivity index (χ1n) is 4.74. The summed E-state index contributed by atoms with van der Waals surface area (Å²) in [4.78, 5) is 13.1. The summed E-state index contributed by atoms with van der Waals surface area (Å²) in [6.07, 6.45) is 1.84. The molecule has 0 aliphatic rings. The van der Waals surface area contributed by atoms with Gasteiger partial charge in [-0.15, -0.1) is 0 Å². The van der Waals surface area contributed by atoms with Gasteiger partial charge in [-0.3, -0.25) is 4.79 Å². The lowest BCUT2D eigenvalue weighted by atomic mass is 10.3. The zero-order valence-electron chi connectivity index (χ0n) is 9.58. The van der Waals surface area contributed by atoms with Crippen molar-refractivity contribution in [3.63, 3.8) is 0 Å². The van der Waals surface area contributed by atoms with Crippen LogP contribution in [0.15, 0.2) is 29.2 Å². The van der Waals surface area contributed by atoms with E-state index in [1.165, 1.54) is 28.8 Å². The van der Waals surface area contributed by atoms with Crippen LogP contribution in [0, 0.1) is 0 Å². The molecular weight excluding hydrogens is 260 g/mol. The molecule has 17 heavy (non-hydrogen) atoms. The van der Waals surface area contributed by atoms with E-state index in [4.69, 9.17) is 5.14 Å². The highest BCUT2D eigenvalue weighted by molar-refractivity contribution is 7.99. The summed E-state index contributed by atoms with van der Waals surface area (Å²) in [5.41, 5.74) is 0.636. The zero-order valence-corrected chi connectivity index (χ0v) is 11.2. The number of carbonyl (C=O) groups excluding carboxylic acids is 1. The van der Waals surface area contributed by atoms with Crippen molar-refractivity contribution in [2.24, 2.45) is 5.14 Å². The highest BCUT2D eigenvalue weighted by Crippen LogP contribution is 2.16. The van der Waals surface area contributed by atoms with Crippen LogP contribution in [0.3, 0.4) is 0 Å². The molecule has 0 radical (unpaired) electrons. The number of amides is 1. The van der Waals surface area contributed by atoms with Crippen LogP contribution in [-0.4, -0.2) is 33.4 Å². The Labute approximate surface area is 105 Å². The number of rotatable bonds is 4. The van der Waals surface area contributed by atoms with Crippen LogP contribution in [0.2, 0.25) is 0 Å². The first-order chi connectivity index (χ1) is 7.86. The van der Waals surface area contributed by atoms with Crippen LogP contribution in [-0.2, 0) is 14.8 Å². The van der Waals surface area contributed by atoms with Crippen LogP contribution in [0.5, 0.6) is 0 Å². The molecule has 0 aromatic heterocycles. The summed E-state index contributed by atoms with van der Waals surface area (Å²) in [5, 5.41) is 4.98. The highest BCUT2D eigenvalue weighted by Gasteiger charge is 2.12. The number of anilines is 1. The predicted molar refractivity (Wildman–Crippen MR) is 69.6 cm³/mol. The SMILES string of the molecule is CSCC(=O)N(C)c1ccc(S(N)(=O)=O)cc1. The van der Waals surface area contributed by atoms with E-state index in [1.54, 1.807) is 19.2 Å². The van der Waals surface area contributed by atoms with E-state index in [9.17, 15) is 13.2 Å². The van der Waals surface area contributed by atoms with Crippen molar-refractivity contribution >= 4 is 33.4 Å². The third-order valence-corrected chi connectivity index (χ3v) is 3.66. The van der Waals surface area contributed by atoms with Crippen molar-refractivity contribution in [3.05, 3.63) is 24.3 Å². The molecule has 1 aromatic carbocycles. The smallest absolute Gasteiger partial charge is 0.238 e. The normalized spacial score (nSPS) is 11.2. The minimum absolute atomic E-state index is 0.0342. The molecule has 0 saturated carbocycles. The Morgan fingerprint density at radius 2 is 1.88 bits per heavy atom. The van der Waals surface area contributed by atoms with Crippen molar-refractivity contribution in [2.75, 3.05) is 24.0 Å². The summed E-state index contributed by atoms with van der Waals surface area (Å²) in [7, 11) is -2.04. The highest BCUT2D eigenvalue weighted by atomic mass is 32.2. The van der Waals surface area contributed by atoms with Gasteiger partial charge in [-0.2, -0.15) is 11.8 Å². The van der Waals surface area contributed by atoms with Crippen LogP contribution >= 0.6 is 11.8 Å². The summed E-state index contributed by atoms with van der Waals surface area (Å²) >= 11 is 1.43. The van der Waals surface area contributed by atoms with Gasteiger partial charge in [0.05, 0.1) is 10.6 Å². The Hall–Kier alpha value is -1.05. The molecule has 0 fully saturated rings. The van der Waals surface area contributed by atoms with E-state index in [1.807, 2.05) is 6.26 Å². The molecule has 0 aliphatic carbocycles. The molecule has 0 saturated heterocycles. The molecule has 1 amide bonds. The minimum atomic E-state index is -3.68. The maximum Gasteiger partial charge on any atom is 0.238 e. The molecule has 0 bridgehead atoms. The molecule has 7 heteroatoms. The van der Waals surface area contributed by atoms with E-state index >= 15 is 0 Å². The molecule has 0 unspecified atom stereocenters. The summed E-state index contributed by atoms with van der Waals surface area (Å²) in [6, 6.07) is 5.87. The quantitative estimate of drug-likeness (QED) is 0.874. The second kappa shape index (κ2) is 5.52. The topological polar surface area (TPSA) is 80.5 Å². The van der Waals surface area contributed by atoms with Gasteiger partial charge < -0.3 is 4.90 Å². The van der Waals surface area contributed by atoms with Gasteiger partial charge in [-0.25, -0.2) is 13.6 Å². The van der Waals surface area contributed by atoms with E-state index in [-0.39, 0.29) is 10.8 Å². The Balaban J connectivity index is 2.92. The molecule has 0 aliphatic heterocycles. The van der Waals surface area contributed by atoms with Gasteiger partial charge in [0.1, 0.15) is 0 Å². The fraction of sp³-hybridized carbons (Fsp3) is 0.300. The van der Waals surface area contributed by atoms with Crippen LogP contribution < -0.4 is 10.0 Å². The lowest BCUT2D eigenvalue weighted by Gasteiger charge is -2.16. The second-order valence-electron chi connectivity index (χ2n) is 3.42. The molecule has 5 nitrogen and oxygen atoms in total. The van der Waals surface area contributed by atoms with E-state index in [2.05, 4.69) is 0 Å². The molecule has 0 spiro atoms. The fourth-order valence-electron chi connectivity index (χ4n) is 1.22. The molecule has 0 heterocycles. The zero-order chi connectivity index (χ0) is 13.1. The van der Waals surface area contributed by atoms with Gasteiger partial charge in [0.15, 0.2) is 0 Å². The number of thioether (sulfide) groups is 1. The third-order valence-electron chi connectivity index (χ3n) is 2.19. The Kier molecular flexibility index (Phi) is 4.55. The van der Waals surface area contributed by atoms with Gasteiger partial charge >= 0.3 is 0 Å². The van der Waals surface area contributed by atoms with Gasteiger partial charge in [0, 0.05) is 12.7 Å². The molecule has 1 aromatic rings. The van der Waals surface area contributed by atoms with E-state index in [0.717, 1.165) is 0 Å². The fourth-order valence-corrected chi connectivity index (χ4v) is 2.18. The summed E-state index contributed by atoms with van der Waals surface area (Å²) in [5.74, 6) is 0.342. The molecule has 94 valence electrons. The lowest BCUT2D eigenvalue weighted by molar-refractivity contribution is -0.115. The average molecular weight is 274 g/mol. The monoisotopic (exact) mass is 274 g/mol. The lowest BCUT2D eigenvalue weighted by Crippen LogP contribution is -2.27. The number of nitrogens with zero attached hydrogens (tertiary/aromatic N) is 1. The van der Waals surface area contributed by atoms with Crippen LogP contribution in [0.25, 0.3) is 0 Å². The maximum atomic E-state index is 11.6. The van der Waals surface area contributed by atoms with Gasteiger partial charge in [-0.05, 0) is 30.5 Å². The third kappa shape index (κ3) is 3.72. The van der Waals surface area contributed by atoms with Crippen molar-refractivity contribution in [3.8, 4) is 0 Å². The van der Waals surface area contributed by atoms with Crippen LogP contribution in [0.4, 0.5) is 5.69 Å². The number of benzene rings is 1. The molecule has 2 N–H and O–H groups in total. The molecule has 0 atom stereocenters. The molecule has 1 rings (SSSR count). The first kappa shape index (κ1) is 14.0. The summed E-state index contributed by atoms with van der Waals surface area (Å²) in [6.45, 7) is 0. The number of nitrogens with two attached hydrogens (primary N) is 1. The van der Waals surface area contributed by atoms with Gasteiger partial charge in [0.25, 0.3) is 0 Å². The number of primary sulfonamides is 1. The average Bonchev–Trinajstić information content (AvgIpc) is 2.27. The van der Waals surface area contributed by atoms with Crippen molar-refractivity contribution in [1.29, 1.82) is 0 Å². The Morgan fingerprint density at radius 1 is 1.35 bits per heavy atom. The van der Waals surface area contributed by atoms with Gasteiger partial charge in [0.2, 0.25) is 15.9 Å². The number of hydrogen-bond acceptors (Lipinski definition) is 4. The second-order valence-corrected chi connectivity index (χ2v) is 5.85. The Bertz CT molecular complexity index is 497. The van der Waals surface area contributed by atoms with E-state index < -0.39 is 10.0 Å². The number of sulfonamides is 1. The standard InChI is InChI=1S/C10H14N2O3S2/c1-12(10(13)7-16-2)8-3-5-9(6-4-8)17(11,14)15/h3-6H,7H2,1-2H3,(H2,11,14,15). The van der Waals surface area contributed by atoms with Gasteiger partial charge in [-0.1, -0.05) is 0 Å². The Morgan fingerprint density at radius 3 is 2.29 bits per heavy atom. The first-order valence-corrected chi connectivity index (χ1v) is 7.68.